The van der Waals surface area contributed by atoms with Crippen molar-refractivity contribution in [3.8, 4) is 0 Å². The lowest BCUT2D eigenvalue weighted by atomic mass is 9.93. The SMILES string of the molecule is CC(C)C1CC(N(CC2CC2)CC2CCCN2)CCO1. The van der Waals surface area contributed by atoms with Crippen LogP contribution in [0.25, 0.3) is 0 Å². The lowest BCUT2D eigenvalue weighted by Gasteiger charge is -2.40. The van der Waals surface area contributed by atoms with Crippen molar-refractivity contribution >= 4 is 0 Å². The smallest absolute Gasteiger partial charge is 0.0612 e. The maximum absolute atomic E-state index is 5.97. The fraction of sp³-hybridized carbons (Fsp3) is 1.00. The molecule has 3 heteroatoms. The zero-order chi connectivity index (χ0) is 13.9. The predicted molar refractivity (Wildman–Crippen MR) is 82.9 cm³/mol. The van der Waals surface area contributed by atoms with Crippen molar-refractivity contribution in [3.63, 3.8) is 0 Å². The van der Waals surface area contributed by atoms with Crippen molar-refractivity contribution in [1.29, 1.82) is 0 Å². The van der Waals surface area contributed by atoms with Crippen molar-refractivity contribution in [2.45, 2.75) is 70.6 Å². The number of hydrogen-bond donors (Lipinski definition) is 1. The Hall–Kier alpha value is -0.120. The van der Waals surface area contributed by atoms with Crippen LogP contribution in [0.1, 0.15) is 52.4 Å². The summed E-state index contributed by atoms with van der Waals surface area (Å²) in [5, 5.41) is 3.68. The maximum Gasteiger partial charge on any atom is 0.0612 e. The Morgan fingerprint density at radius 1 is 1.15 bits per heavy atom. The van der Waals surface area contributed by atoms with Gasteiger partial charge in [-0.15, -0.1) is 0 Å². The third-order valence-corrected chi connectivity index (χ3v) is 5.35. The summed E-state index contributed by atoms with van der Waals surface area (Å²) in [7, 11) is 0. The molecule has 20 heavy (non-hydrogen) atoms. The highest BCUT2D eigenvalue weighted by Gasteiger charge is 2.34. The van der Waals surface area contributed by atoms with Gasteiger partial charge in [0.1, 0.15) is 0 Å². The molecule has 3 aliphatic rings. The summed E-state index contributed by atoms with van der Waals surface area (Å²) in [5.74, 6) is 1.65. The van der Waals surface area contributed by atoms with Gasteiger partial charge >= 0.3 is 0 Å². The van der Waals surface area contributed by atoms with Gasteiger partial charge in [0.2, 0.25) is 0 Å². The summed E-state index contributed by atoms with van der Waals surface area (Å²) < 4.78 is 5.97. The van der Waals surface area contributed by atoms with Gasteiger partial charge in [-0.05, 0) is 56.9 Å². The molecule has 0 bridgehead atoms. The van der Waals surface area contributed by atoms with Gasteiger partial charge in [-0.2, -0.15) is 0 Å². The van der Waals surface area contributed by atoms with E-state index in [4.69, 9.17) is 4.74 Å². The molecule has 3 atom stereocenters. The van der Waals surface area contributed by atoms with Crippen molar-refractivity contribution in [2.24, 2.45) is 11.8 Å². The molecule has 0 radical (unpaired) electrons. The Kier molecular flexibility index (Phi) is 5.00. The van der Waals surface area contributed by atoms with Gasteiger partial charge in [0.05, 0.1) is 6.10 Å². The van der Waals surface area contributed by atoms with E-state index in [0.29, 0.717) is 12.0 Å². The van der Waals surface area contributed by atoms with Crippen LogP contribution < -0.4 is 5.32 Å². The van der Waals surface area contributed by atoms with Crippen molar-refractivity contribution < 1.29 is 4.74 Å². The molecule has 0 spiro atoms. The molecule has 0 aromatic carbocycles. The topological polar surface area (TPSA) is 24.5 Å². The minimum atomic E-state index is 0.479. The third kappa shape index (κ3) is 3.96. The Morgan fingerprint density at radius 3 is 2.65 bits per heavy atom. The Labute approximate surface area is 124 Å². The van der Waals surface area contributed by atoms with Crippen LogP contribution in [0.15, 0.2) is 0 Å². The molecule has 116 valence electrons. The quantitative estimate of drug-likeness (QED) is 0.809. The molecule has 2 heterocycles. The summed E-state index contributed by atoms with van der Waals surface area (Å²) in [5.41, 5.74) is 0. The lowest BCUT2D eigenvalue weighted by molar-refractivity contribution is -0.0502. The first-order valence-corrected chi connectivity index (χ1v) is 8.81. The molecule has 1 N–H and O–H groups in total. The second-order valence-electron chi connectivity index (χ2n) is 7.52. The van der Waals surface area contributed by atoms with E-state index in [2.05, 4.69) is 24.1 Å². The highest BCUT2D eigenvalue weighted by molar-refractivity contribution is 4.88. The van der Waals surface area contributed by atoms with Crippen molar-refractivity contribution in [3.05, 3.63) is 0 Å². The Bertz CT molecular complexity index is 297. The van der Waals surface area contributed by atoms with Gasteiger partial charge in [-0.3, -0.25) is 4.90 Å². The molecule has 1 saturated carbocycles. The summed E-state index contributed by atoms with van der Waals surface area (Å²) in [6.07, 6.45) is 8.63. The van der Waals surface area contributed by atoms with Crippen LogP contribution in [0.3, 0.4) is 0 Å². The fourth-order valence-corrected chi connectivity index (χ4v) is 3.81. The minimum absolute atomic E-state index is 0.479. The number of rotatable bonds is 6. The monoisotopic (exact) mass is 280 g/mol. The second kappa shape index (κ2) is 6.76. The van der Waals surface area contributed by atoms with E-state index in [0.717, 1.165) is 24.6 Å². The third-order valence-electron chi connectivity index (χ3n) is 5.35. The number of nitrogens with one attached hydrogen (secondary N) is 1. The second-order valence-corrected chi connectivity index (χ2v) is 7.52. The molecule has 0 aromatic rings. The number of hydrogen-bond acceptors (Lipinski definition) is 3. The van der Waals surface area contributed by atoms with E-state index < -0.39 is 0 Å². The predicted octanol–water partition coefficient (Wildman–Crippen LogP) is 2.65. The number of ether oxygens (including phenoxy) is 1. The van der Waals surface area contributed by atoms with Gasteiger partial charge in [-0.25, -0.2) is 0 Å². The van der Waals surface area contributed by atoms with Gasteiger partial charge in [0, 0.05) is 31.8 Å². The normalized spacial score (nSPS) is 35.1. The van der Waals surface area contributed by atoms with E-state index in [1.165, 1.54) is 58.2 Å². The van der Waals surface area contributed by atoms with Crippen LogP contribution in [-0.2, 0) is 4.74 Å². The standard InChI is InChI=1S/C17H32N2O/c1-13(2)17-10-16(7-9-20-17)19(11-14-5-6-14)12-15-4-3-8-18-15/h13-18H,3-12H2,1-2H3. The van der Waals surface area contributed by atoms with Gasteiger partial charge in [0.15, 0.2) is 0 Å². The van der Waals surface area contributed by atoms with E-state index in [1.54, 1.807) is 0 Å². The molecule has 3 nitrogen and oxygen atoms in total. The largest absolute Gasteiger partial charge is 0.378 e. The van der Waals surface area contributed by atoms with Crippen molar-refractivity contribution in [1.82, 2.24) is 10.2 Å². The van der Waals surface area contributed by atoms with Gasteiger partial charge < -0.3 is 10.1 Å². The first-order valence-electron chi connectivity index (χ1n) is 8.81. The van der Waals surface area contributed by atoms with Gasteiger partial charge in [0.25, 0.3) is 0 Å². The van der Waals surface area contributed by atoms with Gasteiger partial charge in [-0.1, -0.05) is 13.8 Å². The van der Waals surface area contributed by atoms with Crippen LogP contribution in [0.5, 0.6) is 0 Å². The summed E-state index contributed by atoms with van der Waals surface area (Å²) in [6, 6.07) is 1.51. The zero-order valence-corrected chi connectivity index (χ0v) is 13.3. The zero-order valence-electron chi connectivity index (χ0n) is 13.3. The molecule has 0 aromatic heterocycles. The molecule has 3 fully saturated rings. The molecular formula is C17H32N2O. The van der Waals surface area contributed by atoms with E-state index in [1.807, 2.05) is 0 Å². The van der Waals surface area contributed by atoms with E-state index in [9.17, 15) is 0 Å². The molecule has 2 aliphatic heterocycles. The summed E-state index contributed by atoms with van der Waals surface area (Å²) in [6.45, 7) is 9.41. The van der Waals surface area contributed by atoms with E-state index >= 15 is 0 Å². The first kappa shape index (κ1) is 14.8. The molecule has 0 amide bonds. The summed E-state index contributed by atoms with van der Waals surface area (Å²) >= 11 is 0. The summed E-state index contributed by atoms with van der Waals surface area (Å²) in [4.78, 5) is 2.82. The highest BCUT2D eigenvalue weighted by atomic mass is 16.5. The molecule has 1 aliphatic carbocycles. The average molecular weight is 280 g/mol. The first-order chi connectivity index (χ1) is 9.72. The van der Waals surface area contributed by atoms with Crippen LogP contribution in [0, 0.1) is 11.8 Å². The fourth-order valence-electron chi connectivity index (χ4n) is 3.81. The van der Waals surface area contributed by atoms with Crippen LogP contribution in [0.2, 0.25) is 0 Å². The molecule has 2 saturated heterocycles. The lowest BCUT2D eigenvalue weighted by Crippen LogP contribution is -2.48. The van der Waals surface area contributed by atoms with E-state index in [-0.39, 0.29) is 0 Å². The molecular weight excluding hydrogens is 248 g/mol. The highest BCUT2D eigenvalue weighted by Crippen LogP contribution is 2.33. The maximum atomic E-state index is 5.97. The van der Waals surface area contributed by atoms with Crippen molar-refractivity contribution in [2.75, 3.05) is 26.2 Å². The van der Waals surface area contributed by atoms with Crippen LogP contribution in [-0.4, -0.2) is 49.3 Å². The van der Waals surface area contributed by atoms with Crippen LogP contribution in [0.4, 0.5) is 0 Å². The number of nitrogens with zero attached hydrogens (tertiary/aromatic N) is 1. The Morgan fingerprint density at radius 2 is 2.00 bits per heavy atom. The van der Waals surface area contributed by atoms with Crippen LogP contribution >= 0.6 is 0 Å². The average Bonchev–Trinajstić information content (AvgIpc) is 3.12. The Balaban J connectivity index is 1.57. The molecule has 3 rings (SSSR count). The minimum Gasteiger partial charge on any atom is -0.378 e. The molecule has 3 unspecified atom stereocenters.